The van der Waals surface area contributed by atoms with Gasteiger partial charge in [0.25, 0.3) is 0 Å². The second kappa shape index (κ2) is 15.8. The number of carbonyl (C=O) groups excluding carboxylic acids is 3. The lowest BCUT2D eigenvalue weighted by Gasteiger charge is -2.41. The number of anilines is 1. The predicted octanol–water partition coefficient (Wildman–Crippen LogP) is 6.23. The number of nitrogens with zero attached hydrogens (tertiary/aromatic N) is 4. The molecule has 4 heterocycles. The van der Waals surface area contributed by atoms with Gasteiger partial charge in [-0.3, -0.25) is 9.69 Å². The Morgan fingerprint density at radius 2 is 1.62 bits per heavy atom. The van der Waals surface area contributed by atoms with Gasteiger partial charge < -0.3 is 25.3 Å². The van der Waals surface area contributed by atoms with Crippen LogP contribution >= 0.6 is 11.6 Å². The van der Waals surface area contributed by atoms with Gasteiger partial charge in [-0.05, 0) is 99.2 Å². The number of urea groups is 1. The monoisotopic (exact) mass is 718 g/mol. The Hall–Kier alpha value is -3.55. The van der Waals surface area contributed by atoms with Crippen molar-refractivity contribution in [1.29, 1.82) is 0 Å². The molecule has 14 heteroatoms. The van der Waals surface area contributed by atoms with Crippen LogP contribution in [0, 0.1) is 18.8 Å². The Kier molecular flexibility index (Phi) is 11.4. The molecular weight excluding hydrogens is 673 g/mol. The number of hydrogen-bond acceptors (Lipinski definition) is 6. The number of likely N-dealkylation sites (tertiary alicyclic amines) is 2. The fraction of sp³-hybridized carbons (Fsp3) is 0.583. The van der Waals surface area contributed by atoms with E-state index >= 15 is 0 Å². The van der Waals surface area contributed by atoms with Crippen LogP contribution in [0.3, 0.4) is 0 Å². The number of nitrogens with one attached hydrogen (secondary N) is 2. The fourth-order valence-corrected chi connectivity index (χ4v) is 8.08. The lowest BCUT2D eigenvalue weighted by molar-refractivity contribution is -0.149. The molecule has 0 spiro atoms. The molecule has 6 rings (SSSR count). The molecule has 0 bridgehead atoms. The normalized spacial score (nSPS) is 21.0. The van der Waals surface area contributed by atoms with Crippen molar-refractivity contribution >= 4 is 35.3 Å². The van der Waals surface area contributed by atoms with Crippen LogP contribution in [-0.4, -0.2) is 102 Å². The smallest absolute Gasteiger partial charge is 0.351 e. The first-order valence-electron chi connectivity index (χ1n) is 17.6. The van der Waals surface area contributed by atoms with E-state index in [0.717, 1.165) is 48.1 Å². The van der Waals surface area contributed by atoms with Crippen LogP contribution in [0.25, 0.3) is 0 Å². The number of para-hydroxylation sites is 1. The number of amides is 4. The zero-order valence-electron chi connectivity index (χ0n) is 28.4. The molecule has 2 aromatic carbocycles. The Morgan fingerprint density at radius 1 is 0.960 bits per heavy atom. The molecule has 1 unspecified atom stereocenters. The standard InChI is InChI=1S/C36H46ClF3N6O4/c1-24-20-25(6-7-30(24)37)21-32(33(47)44-16-10-27(11-17-44)26-8-14-43(15-9-26)23-36(38,39)40)42-35(49)50-45-18-12-29(13-19-45)46-22-28-4-2-3-5-31(28)41-34(46)48/h2-7,20,26-27,29,32H,8-19,21-23H2,1H3,(H,41,48)(H,42,49). The maximum atomic E-state index is 13.9. The van der Waals surface area contributed by atoms with E-state index in [1.807, 2.05) is 48.2 Å². The third-order valence-electron chi connectivity index (χ3n) is 10.7. The molecule has 0 aliphatic carbocycles. The first kappa shape index (κ1) is 36.2. The summed E-state index contributed by atoms with van der Waals surface area (Å²) >= 11 is 6.25. The molecular formula is C36H46ClF3N6O4. The van der Waals surface area contributed by atoms with E-state index < -0.39 is 24.9 Å². The quantitative estimate of drug-likeness (QED) is 0.336. The number of alkyl halides is 3. The third-order valence-corrected chi connectivity index (χ3v) is 11.2. The van der Waals surface area contributed by atoms with Gasteiger partial charge in [-0.15, -0.1) is 5.06 Å². The van der Waals surface area contributed by atoms with Crippen molar-refractivity contribution in [3.8, 4) is 0 Å². The SMILES string of the molecule is Cc1cc(CC(NC(=O)ON2CCC(N3Cc4ccccc4NC3=O)CC2)C(=O)N2CCC(C3CCN(CC(F)(F)F)CC3)CC2)ccc1Cl. The molecule has 3 saturated heterocycles. The van der Waals surface area contributed by atoms with Crippen LogP contribution in [0.5, 0.6) is 0 Å². The lowest BCUT2D eigenvalue weighted by atomic mass is 9.78. The number of benzene rings is 2. The van der Waals surface area contributed by atoms with E-state index in [9.17, 15) is 27.6 Å². The van der Waals surface area contributed by atoms with Gasteiger partial charge in [0.1, 0.15) is 6.04 Å². The minimum Gasteiger partial charge on any atom is -0.351 e. The van der Waals surface area contributed by atoms with Crippen LogP contribution in [-0.2, 0) is 22.6 Å². The van der Waals surface area contributed by atoms with Crippen molar-refractivity contribution in [3.63, 3.8) is 0 Å². The largest absolute Gasteiger partial charge is 0.426 e. The van der Waals surface area contributed by atoms with Crippen LogP contribution in [0.4, 0.5) is 28.4 Å². The van der Waals surface area contributed by atoms with Gasteiger partial charge in [-0.2, -0.15) is 13.2 Å². The summed E-state index contributed by atoms with van der Waals surface area (Å²) in [6.45, 7) is 4.39. The Bertz CT molecular complexity index is 1520. The molecule has 4 aliphatic heterocycles. The Labute approximate surface area is 296 Å². The second-order valence-electron chi connectivity index (χ2n) is 14.1. The molecule has 2 aromatic rings. The van der Waals surface area contributed by atoms with E-state index in [2.05, 4.69) is 10.6 Å². The maximum absolute atomic E-state index is 13.9. The molecule has 0 radical (unpaired) electrons. The highest BCUT2D eigenvalue weighted by Crippen LogP contribution is 2.34. The molecule has 4 amide bonds. The number of fused-ring (bicyclic) bond motifs is 1. The molecule has 10 nitrogen and oxygen atoms in total. The predicted molar refractivity (Wildman–Crippen MR) is 183 cm³/mol. The van der Waals surface area contributed by atoms with Gasteiger partial charge in [0.05, 0.1) is 6.54 Å². The van der Waals surface area contributed by atoms with Crippen molar-refractivity contribution < 1.29 is 32.4 Å². The third kappa shape index (κ3) is 9.21. The van der Waals surface area contributed by atoms with Crippen molar-refractivity contribution in [2.75, 3.05) is 51.1 Å². The van der Waals surface area contributed by atoms with E-state index in [-0.39, 0.29) is 24.4 Å². The molecule has 0 saturated carbocycles. The minimum absolute atomic E-state index is 0.00380. The number of hydrogen-bond donors (Lipinski definition) is 2. The molecule has 4 aliphatic rings. The summed E-state index contributed by atoms with van der Waals surface area (Å²) in [5, 5.41) is 8.00. The Morgan fingerprint density at radius 3 is 2.28 bits per heavy atom. The topological polar surface area (TPSA) is 97.5 Å². The zero-order chi connectivity index (χ0) is 35.4. The van der Waals surface area contributed by atoms with Crippen molar-refractivity contribution in [3.05, 3.63) is 64.2 Å². The highest BCUT2D eigenvalue weighted by Gasteiger charge is 2.37. The van der Waals surface area contributed by atoms with Crippen molar-refractivity contribution in [2.45, 2.75) is 76.7 Å². The van der Waals surface area contributed by atoms with Crippen LogP contribution < -0.4 is 10.6 Å². The number of hydroxylamine groups is 2. The highest BCUT2D eigenvalue weighted by molar-refractivity contribution is 6.31. The summed E-state index contributed by atoms with van der Waals surface area (Å²) in [6.07, 6.45) is -0.345. The van der Waals surface area contributed by atoms with Gasteiger partial charge >= 0.3 is 18.3 Å². The summed E-state index contributed by atoms with van der Waals surface area (Å²) < 4.78 is 38.5. The number of carbonyl (C=O) groups is 3. The van der Waals surface area contributed by atoms with Crippen LogP contribution in [0.1, 0.15) is 55.2 Å². The van der Waals surface area contributed by atoms with Crippen molar-refractivity contribution in [1.82, 2.24) is 25.1 Å². The summed E-state index contributed by atoms with van der Waals surface area (Å²) in [4.78, 5) is 50.8. The Balaban J connectivity index is 1.02. The summed E-state index contributed by atoms with van der Waals surface area (Å²) in [5.41, 5.74) is 3.62. The average Bonchev–Trinajstić information content (AvgIpc) is 3.09. The average molecular weight is 719 g/mol. The lowest BCUT2D eigenvalue weighted by Crippen LogP contribution is -2.54. The summed E-state index contributed by atoms with van der Waals surface area (Å²) in [7, 11) is 0. The number of rotatable bonds is 8. The van der Waals surface area contributed by atoms with Crippen LogP contribution in [0.2, 0.25) is 5.02 Å². The maximum Gasteiger partial charge on any atom is 0.426 e. The van der Waals surface area contributed by atoms with E-state index in [0.29, 0.717) is 75.5 Å². The van der Waals surface area contributed by atoms with Crippen LogP contribution in [0.15, 0.2) is 42.5 Å². The molecule has 50 heavy (non-hydrogen) atoms. The molecule has 272 valence electrons. The van der Waals surface area contributed by atoms with E-state index in [1.165, 1.54) is 4.90 Å². The minimum atomic E-state index is -4.18. The zero-order valence-corrected chi connectivity index (χ0v) is 29.1. The molecule has 3 fully saturated rings. The number of piperidine rings is 3. The molecule has 2 N–H and O–H groups in total. The van der Waals surface area contributed by atoms with Crippen molar-refractivity contribution in [2.24, 2.45) is 11.8 Å². The highest BCUT2D eigenvalue weighted by atomic mass is 35.5. The van der Waals surface area contributed by atoms with Gasteiger partial charge in [-0.1, -0.05) is 41.9 Å². The fourth-order valence-electron chi connectivity index (χ4n) is 7.97. The van der Waals surface area contributed by atoms with Gasteiger partial charge in [0.2, 0.25) is 5.91 Å². The van der Waals surface area contributed by atoms with Gasteiger partial charge in [-0.25, -0.2) is 9.59 Å². The summed E-state index contributed by atoms with van der Waals surface area (Å²) in [6, 6.07) is 12.3. The second-order valence-corrected chi connectivity index (χ2v) is 14.5. The number of halogens is 4. The van der Waals surface area contributed by atoms with E-state index in [4.69, 9.17) is 16.4 Å². The van der Waals surface area contributed by atoms with E-state index in [1.54, 1.807) is 16.0 Å². The summed E-state index contributed by atoms with van der Waals surface area (Å²) in [5.74, 6) is 0.515. The molecule has 0 aromatic heterocycles. The number of aryl methyl sites for hydroxylation is 1. The molecule has 1 atom stereocenters. The first-order chi connectivity index (χ1) is 23.9. The van der Waals surface area contributed by atoms with Gasteiger partial charge in [0.15, 0.2) is 0 Å². The van der Waals surface area contributed by atoms with Gasteiger partial charge in [0, 0.05) is 55.9 Å². The first-order valence-corrected chi connectivity index (χ1v) is 18.0.